The van der Waals surface area contributed by atoms with Gasteiger partial charge in [-0.25, -0.2) is 4.98 Å². The summed E-state index contributed by atoms with van der Waals surface area (Å²) in [5, 5.41) is 3.59. The minimum absolute atomic E-state index is 0.590. The van der Waals surface area contributed by atoms with E-state index in [4.69, 9.17) is 0 Å². The van der Waals surface area contributed by atoms with Crippen LogP contribution in [-0.4, -0.2) is 29.1 Å². The normalized spacial score (nSPS) is 16.4. The molecule has 1 aliphatic carbocycles. The maximum Gasteiger partial charge on any atom is 0.227 e. The molecule has 1 aliphatic rings. The Kier molecular flexibility index (Phi) is 5.00. The summed E-state index contributed by atoms with van der Waals surface area (Å²) in [7, 11) is 0. The summed E-state index contributed by atoms with van der Waals surface area (Å²) in [6.07, 6.45) is 6.59. The first-order valence-electron chi connectivity index (χ1n) is 7.60. The molecule has 0 unspecified atom stereocenters. The molecule has 2 rings (SSSR count). The summed E-state index contributed by atoms with van der Waals surface area (Å²) in [4.78, 5) is 11.4. The molecular formula is C15H26N4. The Morgan fingerprint density at radius 1 is 1.16 bits per heavy atom. The van der Waals surface area contributed by atoms with Gasteiger partial charge in [0.05, 0.1) is 0 Å². The van der Waals surface area contributed by atoms with E-state index in [0.717, 1.165) is 30.5 Å². The maximum atomic E-state index is 4.67. The van der Waals surface area contributed by atoms with Crippen LogP contribution in [-0.2, 0) is 0 Å². The lowest BCUT2D eigenvalue weighted by atomic mass is 9.95. The van der Waals surface area contributed by atoms with E-state index in [2.05, 4.69) is 40.1 Å². The van der Waals surface area contributed by atoms with E-state index in [-0.39, 0.29) is 0 Å². The van der Waals surface area contributed by atoms with Crippen molar-refractivity contribution in [3.05, 3.63) is 11.8 Å². The van der Waals surface area contributed by atoms with Gasteiger partial charge >= 0.3 is 0 Å². The lowest BCUT2D eigenvalue weighted by Gasteiger charge is -2.25. The van der Waals surface area contributed by atoms with Crippen LogP contribution in [0, 0.1) is 6.92 Å². The van der Waals surface area contributed by atoms with Gasteiger partial charge in [-0.2, -0.15) is 4.98 Å². The fourth-order valence-electron chi connectivity index (χ4n) is 2.73. The van der Waals surface area contributed by atoms with Gasteiger partial charge in [0.15, 0.2) is 0 Å². The van der Waals surface area contributed by atoms with Crippen molar-refractivity contribution >= 4 is 11.8 Å². The van der Waals surface area contributed by atoms with Crippen molar-refractivity contribution in [2.75, 3.05) is 23.3 Å². The number of nitrogens with zero attached hydrogens (tertiary/aromatic N) is 3. The number of rotatable bonds is 5. The van der Waals surface area contributed by atoms with Gasteiger partial charge in [-0.1, -0.05) is 19.3 Å². The Morgan fingerprint density at radius 2 is 1.84 bits per heavy atom. The summed E-state index contributed by atoms with van der Waals surface area (Å²) in [6.45, 7) is 8.22. The summed E-state index contributed by atoms with van der Waals surface area (Å²) < 4.78 is 0. The van der Waals surface area contributed by atoms with Crippen molar-refractivity contribution < 1.29 is 0 Å². The van der Waals surface area contributed by atoms with E-state index < -0.39 is 0 Å². The third kappa shape index (κ3) is 3.82. The molecule has 0 bridgehead atoms. The van der Waals surface area contributed by atoms with Gasteiger partial charge in [0.1, 0.15) is 5.82 Å². The molecular weight excluding hydrogens is 236 g/mol. The van der Waals surface area contributed by atoms with E-state index >= 15 is 0 Å². The first-order valence-corrected chi connectivity index (χ1v) is 7.60. The minimum Gasteiger partial charge on any atom is -0.367 e. The quantitative estimate of drug-likeness (QED) is 0.883. The second-order valence-corrected chi connectivity index (χ2v) is 5.35. The number of nitrogens with one attached hydrogen (secondary N) is 1. The Morgan fingerprint density at radius 3 is 2.47 bits per heavy atom. The van der Waals surface area contributed by atoms with Crippen LogP contribution in [0.3, 0.4) is 0 Å². The number of hydrogen-bond donors (Lipinski definition) is 1. The van der Waals surface area contributed by atoms with E-state index in [1.807, 2.05) is 6.92 Å². The van der Waals surface area contributed by atoms with Crippen LogP contribution < -0.4 is 10.2 Å². The highest BCUT2D eigenvalue weighted by atomic mass is 15.3. The zero-order valence-electron chi connectivity index (χ0n) is 12.4. The van der Waals surface area contributed by atoms with Crippen molar-refractivity contribution in [3.8, 4) is 0 Å². The highest BCUT2D eigenvalue weighted by Gasteiger charge is 2.15. The molecule has 4 heteroatoms. The zero-order chi connectivity index (χ0) is 13.7. The van der Waals surface area contributed by atoms with Gasteiger partial charge in [-0.05, 0) is 33.6 Å². The summed E-state index contributed by atoms with van der Waals surface area (Å²) in [5.41, 5.74) is 1.04. The first-order chi connectivity index (χ1) is 9.22. The Labute approximate surface area is 116 Å². The molecule has 19 heavy (non-hydrogen) atoms. The molecule has 1 N–H and O–H groups in total. The standard InChI is InChI=1S/C15H26N4/c1-4-19(5-2)15-16-12(3)11-14(18-15)17-13-9-7-6-8-10-13/h11,13H,4-10H2,1-3H3,(H,16,17,18). The summed E-state index contributed by atoms with van der Waals surface area (Å²) in [5.74, 6) is 1.84. The molecule has 0 aromatic carbocycles. The smallest absolute Gasteiger partial charge is 0.227 e. The van der Waals surface area contributed by atoms with E-state index in [1.165, 1.54) is 32.1 Å². The van der Waals surface area contributed by atoms with E-state index in [1.54, 1.807) is 0 Å². The van der Waals surface area contributed by atoms with E-state index in [9.17, 15) is 0 Å². The van der Waals surface area contributed by atoms with Gasteiger partial charge in [0.25, 0.3) is 0 Å². The molecule has 0 amide bonds. The molecule has 1 aromatic heterocycles. The maximum absolute atomic E-state index is 4.67. The zero-order valence-corrected chi connectivity index (χ0v) is 12.4. The largest absolute Gasteiger partial charge is 0.367 e. The van der Waals surface area contributed by atoms with Crippen molar-refractivity contribution in [1.82, 2.24) is 9.97 Å². The van der Waals surface area contributed by atoms with Gasteiger partial charge in [0.2, 0.25) is 5.95 Å². The van der Waals surface area contributed by atoms with Crippen LogP contribution in [0.25, 0.3) is 0 Å². The van der Waals surface area contributed by atoms with Gasteiger partial charge in [0, 0.05) is 30.9 Å². The molecule has 1 saturated carbocycles. The molecule has 106 valence electrons. The van der Waals surface area contributed by atoms with Crippen molar-refractivity contribution in [2.24, 2.45) is 0 Å². The fraction of sp³-hybridized carbons (Fsp3) is 0.733. The molecule has 1 fully saturated rings. The second-order valence-electron chi connectivity index (χ2n) is 5.35. The predicted molar refractivity (Wildman–Crippen MR) is 80.8 cm³/mol. The Balaban J connectivity index is 2.11. The Bertz CT molecular complexity index is 395. The fourth-order valence-corrected chi connectivity index (χ4v) is 2.73. The van der Waals surface area contributed by atoms with Crippen LogP contribution in [0.5, 0.6) is 0 Å². The lowest BCUT2D eigenvalue weighted by Crippen LogP contribution is -2.26. The van der Waals surface area contributed by atoms with Crippen molar-refractivity contribution in [2.45, 2.75) is 58.9 Å². The van der Waals surface area contributed by atoms with Crippen molar-refractivity contribution in [3.63, 3.8) is 0 Å². The van der Waals surface area contributed by atoms with E-state index in [0.29, 0.717) is 6.04 Å². The van der Waals surface area contributed by atoms with Crippen LogP contribution >= 0.6 is 0 Å². The predicted octanol–water partition coefficient (Wildman–Crippen LogP) is 3.38. The average Bonchev–Trinajstić information content (AvgIpc) is 2.40. The second kappa shape index (κ2) is 6.73. The SMILES string of the molecule is CCN(CC)c1nc(C)cc(NC2CCCCC2)n1. The molecule has 4 nitrogen and oxygen atoms in total. The molecule has 1 aromatic rings. The first kappa shape index (κ1) is 14.1. The third-order valence-electron chi connectivity index (χ3n) is 3.85. The lowest BCUT2D eigenvalue weighted by molar-refractivity contribution is 0.462. The third-order valence-corrected chi connectivity index (χ3v) is 3.85. The van der Waals surface area contributed by atoms with Crippen LogP contribution in [0.2, 0.25) is 0 Å². The van der Waals surface area contributed by atoms with Gasteiger partial charge < -0.3 is 10.2 Å². The summed E-state index contributed by atoms with van der Waals surface area (Å²) in [6, 6.07) is 2.65. The van der Waals surface area contributed by atoms with Gasteiger partial charge in [-0.15, -0.1) is 0 Å². The van der Waals surface area contributed by atoms with Crippen LogP contribution in [0.1, 0.15) is 51.6 Å². The van der Waals surface area contributed by atoms with Gasteiger partial charge in [-0.3, -0.25) is 0 Å². The topological polar surface area (TPSA) is 41.1 Å². The molecule has 0 aliphatic heterocycles. The molecule has 1 heterocycles. The number of aryl methyl sites for hydroxylation is 1. The monoisotopic (exact) mass is 262 g/mol. The van der Waals surface area contributed by atoms with Crippen molar-refractivity contribution in [1.29, 1.82) is 0 Å². The molecule has 0 saturated heterocycles. The molecule has 0 spiro atoms. The Hall–Kier alpha value is -1.32. The molecule has 0 radical (unpaired) electrons. The number of anilines is 2. The minimum atomic E-state index is 0.590. The van der Waals surface area contributed by atoms with Crippen LogP contribution in [0.15, 0.2) is 6.07 Å². The highest BCUT2D eigenvalue weighted by Crippen LogP contribution is 2.22. The summed E-state index contributed by atoms with van der Waals surface area (Å²) >= 11 is 0. The average molecular weight is 262 g/mol. The number of aromatic nitrogens is 2. The molecule has 0 atom stereocenters. The van der Waals surface area contributed by atoms with Crippen LogP contribution in [0.4, 0.5) is 11.8 Å². The number of hydrogen-bond acceptors (Lipinski definition) is 4. The highest BCUT2D eigenvalue weighted by molar-refractivity contribution is 5.44.